The number of piperidine rings is 1. The molecule has 1 aliphatic heterocycles. The Morgan fingerprint density at radius 1 is 0.833 bits per heavy atom. The molecule has 1 saturated heterocycles. The van der Waals surface area contributed by atoms with Gasteiger partial charge in [0.1, 0.15) is 5.82 Å². The molecule has 2 nitrogen and oxygen atoms in total. The lowest BCUT2D eigenvalue weighted by Crippen LogP contribution is -2.33. The first-order valence-corrected chi connectivity index (χ1v) is 13.7. The number of hydrogen-bond acceptors (Lipinski definition) is 2. The van der Waals surface area contributed by atoms with E-state index in [1.807, 2.05) is 0 Å². The Morgan fingerprint density at radius 3 is 2.03 bits per heavy atom. The highest BCUT2D eigenvalue weighted by molar-refractivity contribution is 5.96. The van der Waals surface area contributed by atoms with Gasteiger partial charge in [0.2, 0.25) is 0 Å². The molecule has 0 N–H and O–H groups in total. The Kier molecular flexibility index (Phi) is 11.9. The molecule has 0 saturated carbocycles. The second-order valence-corrected chi connectivity index (χ2v) is 9.95. The number of benzene rings is 3. The van der Waals surface area contributed by atoms with E-state index < -0.39 is 0 Å². The summed E-state index contributed by atoms with van der Waals surface area (Å²) < 4.78 is 11.9. The fourth-order valence-electron chi connectivity index (χ4n) is 4.98. The third kappa shape index (κ3) is 9.35. The van der Waals surface area contributed by atoms with Crippen LogP contribution in [0.1, 0.15) is 79.4 Å². The summed E-state index contributed by atoms with van der Waals surface area (Å²) >= 11 is 0. The van der Waals surface area contributed by atoms with Gasteiger partial charge in [0.05, 0.1) is 0 Å². The Labute approximate surface area is 217 Å². The molecule has 0 amide bonds. The van der Waals surface area contributed by atoms with Crippen LogP contribution in [-0.2, 0) is 19.4 Å². The third-order valence-corrected chi connectivity index (χ3v) is 7.04. The van der Waals surface area contributed by atoms with E-state index in [1.54, 1.807) is 18.2 Å². The van der Waals surface area contributed by atoms with Gasteiger partial charge in [0.25, 0.3) is 0 Å². The van der Waals surface area contributed by atoms with E-state index in [1.165, 1.54) is 41.7 Å². The maximum Gasteiger partial charge on any atom is 0.162 e. The minimum atomic E-state index is -0.178. The van der Waals surface area contributed by atoms with Gasteiger partial charge in [0.15, 0.2) is 5.78 Å². The molecule has 0 bridgehead atoms. The number of likely N-dealkylation sites (tertiary alicyclic amines) is 1. The monoisotopic (exact) mass is 487 g/mol. The molecule has 1 heterocycles. The van der Waals surface area contributed by atoms with Gasteiger partial charge in [-0.05, 0) is 86.0 Å². The Balaban J connectivity index is 0.000000444. The number of nitrogens with zero attached hydrogens (tertiary/aromatic N) is 1. The molecule has 0 aromatic heterocycles. The van der Waals surface area contributed by atoms with Gasteiger partial charge in [-0.3, -0.25) is 9.69 Å². The molecule has 36 heavy (non-hydrogen) atoms. The van der Waals surface area contributed by atoms with Crippen LogP contribution in [0, 0.1) is 11.7 Å². The molecule has 3 heteroatoms. The molecule has 0 aliphatic carbocycles. The zero-order valence-corrected chi connectivity index (χ0v) is 22.1. The zero-order valence-electron chi connectivity index (χ0n) is 22.1. The first kappa shape index (κ1) is 27.8. The third-order valence-electron chi connectivity index (χ3n) is 7.04. The smallest absolute Gasteiger partial charge is 0.162 e. The van der Waals surface area contributed by atoms with E-state index in [0.717, 1.165) is 57.3 Å². The van der Waals surface area contributed by atoms with Crippen LogP contribution in [0.5, 0.6) is 0 Å². The molecule has 0 atom stereocenters. The highest BCUT2D eigenvalue weighted by Crippen LogP contribution is 2.25. The molecular formula is C33H42FNO. The summed E-state index contributed by atoms with van der Waals surface area (Å²) in [6.07, 6.45) is 8.66. The van der Waals surface area contributed by atoms with E-state index in [0.29, 0.717) is 18.1 Å². The quantitative estimate of drug-likeness (QED) is 0.268. The number of carbonyl (C=O) groups excluding carboxylic acids is 1. The van der Waals surface area contributed by atoms with Crippen molar-refractivity contribution in [3.8, 4) is 0 Å². The molecule has 4 rings (SSSR count). The van der Waals surface area contributed by atoms with Gasteiger partial charge in [-0.25, -0.2) is 4.39 Å². The van der Waals surface area contributed by atoms with Crippen LogP contribution in [0.25, 0.3) is 0 Å². The summed E-state index contributed by atoms with van der Waals surface area (Å²) in [6, 6.07) is 25.1. The van der Waals surface area contributed by atoms with Gasteiger partial charge in [-0.15, -0.1) is 0 Å². The zero-order chi connectivity index (χ0) is 25.6. The number of hydrogen-bond donors (Lipinski definition) is 0. The van der Waals surface area contributed by atoms with Crippen molar-refractivity contribution in [2.75, 3.05) is 13.1 Å². The Morgan fingerprint density at radius 2 is 1.44 bits per heavy atom. The predicted molar refractivity (Wildman–Crippen MR) is 149 cm³/mol. The van der Waals surface area contributed by atoms with E-state index >= 15 is 0 Å². The normalized spacial score (nSPS) is 14.2. The summed E-state index contributed by atoms with van der Waals surface area (Å²) in [5.41, 5.74) is 5.14. The fraction of sp³-hybridized carbons (Fsp3) is 0.424. The molecule has 3 aromatic rings. The van der Waals surface area contributed by atoms with Crippen LogP contribution >= 0.6 is 0 Å². The average Bonchev–Trinajstić information content (AvgIpc) is 2.91. The van der Waals surface area contributed by atoms with E-state index in [4.69, 9.17) is 0 Å². The van der Waals surface area contributed by atoms with Crippen LogP contribution in [0.2, 0.25) is 0 Å². The highest BCUT2D eigenvalue weighted by atomic mass is 19.1. The molecule has 0 unspecified atom stereocenters. The summed E-state index contributed by atoms with van der Waals surface area (Å²) in [6.45, 7) is 7.80. The van der Waals surface area contributed by atoms with Crippen molar-refractivity contribution in [1.29, 1.82) is 0 Å². The summed E-state index contributed by atoms with van der Waals surface area (Å²) in [5.74, 6) is 0.847. The minimum absolute atomic E-state index is 0.178. The van der Waals surface area contributed by atoms with Crippen LogP contribution in [0.3, 0.4) is 0 Å². The maximum absolute atomic E-state index is 12.8. The number of carbonyl (C=O) groups is 1. The van der Waals surface area contributed by atoms with Crippen molar-refractivity contribution in [3.05, 3.63) is 107 Å². The maximum atomic E-state index is 12.8. The number of aryl methyl sites for hydroxylation is 2. The predicted octanol–water partition coefficient (Wildman–Crippen LogP) is 8.29. The lowest BCUT2D eigenvalue weighted by molar-refractivity contribution is 0.0961. The molecule has 1 fully saturated rings. The minimum Gasteiger partial charge on any atom is -0.299 e. The first-order valence-electron chi connectivity index (χ1n) is 13.7. The van der Waals surface area contributed by atoms with E-state index in [2.05, 4.69) is 67.3 Å². The molecular weight excluding hydrogens is 445 g/mol. The summed E-state index contributed by atoms with van der Waals surface area (Å²) in [4.78, 5) is 15.4. The molecule has 1 aliphatic rings. The number of ketones is 1. The van der Waals surface area contributed by atoms with Crippen molar-refractivity contribution in [3.63, 3.8) is 0 Å². The first-order chi connectivity index (χ1) is 17.6. The van der Waals surface area contributed by atoms with Crippen LogP contribution in [0.4, 0.5) is 4.39 Å². The number of rotatable bonds is 10. The second kappa shape index (κ2) is 15.4. The van der Waals surface area contributed by atoms with Crippen molar-refractivity contribution < 1.29 is 9.18 Å². The van der Waals surface area contributed by atoms with Gasteiger partial charge >= 0.3 is 0 Å². The number of halogens is 1. The molecule has 192 valence electrons. The van der Waals surface area contributed by atoms with E-state index in [-0.39, 0.29) is 5.82 Å². The van der Waals surface area contributed by atoms with Crippen molar-refractivity contribution >= 4 is 5.78 Å². The van der Waals surface area contributed by atoms with Crippen molar-refractivity contribution in [2.24, 2.45) is 5.92 Å². The largest absolute Gasteiger partial charge is 0.299 e. The Hall–Kier alpha value is -2.78. The molecule has 0 radical (unpaired) electrons. The van der Waals surface area contributed by atoms with Crippen molar-refractivity contribution in [1.82, 2.24) is 4.90 Å². The van der Waals surface area contributed by atoms with E-state index in [9.17, 15) is 9.18 Å². The summed E-state index contributed by atoms with van der Waals surface area (Å²) in [5, 5.41) is 0. The van der Waals surface area contributed by atoms with Crippen LogP contribution in [0.15, 0.2) is 78.9 Å². The average molecular weight is 488 g/mol. The van der Waals surface area contributed by atoms with Crippen molar-refractivity contribution in [2.45, 2.75) is 71.8 Å². The van der Waals surface area contributed by atoms with Gasteiger partial charge in [-0.2, -0.15) is 0 Å². The number of Topliss-reactive ketones (excluding diaryl/α,β-unsaturated/α-hetero) is 1. The molecule has 0 spiro atoms. The standard InChI is InChI=1S/C27H37NO.C6H5F/c1-3-8-24-13-14-26(20-25(24)9-4-2)27(29)15-12-22-16-18-28(19-17-22)21-23-10-6-5-7-11-23;7-6-4-2-1-3-5-6/h5-7,10-11,13-14,20,22H,3-4,8-9,12,15-19,21H2,1-2H3;1-5H. The topological polar surface area (TPSA) is 20.3 Å². The van der Waals surface area contributed by atoms with Gasteiger partial charge in [0, 0.05) is 18.5 Å². The van der Waals surface area contributed by atoms with Gasteiger partial charge < -0.3 is 0 Å². The Bertz CT molecular complexity index is 1030. The highest BCUT2D eigenvalue weighted by Gasteiger charge is 2.20. The van der Waals surface area contributed by atoms with Gasteiger partial charge in [-0.1, -0.05) is 87.4 Å². The molecule has 3 aromatic carbocycles. The lowest BCUT2D eigenvalue weighted by atomic mass is 9.89. The fourth-order valence-corrected chi connectivity index (χ4v) is 4.98. The second-order valence-electron chi connectivity index (χ2n) is 9.95. The van der Waals surface area contributed by atoms with Crippen LogP contribution in [-0.4, -0.2) is 23.8 Å². The SMILES string of the molecule is CCCc1ccc(C(=O)CCC2CCN(Cc3ccccc3)CC2)cc1CCC.Fc1ccccc1. The summed E-state index contributed by atoms with van der Waals surface area (Å²) in [7, 11) is 0. The lowest BCUT2D eigenvalue weighted by Gasteiger charge is -2.32. The van der Waals surface area contributed by atoms with Crippen LogP contribution < -0.4 is 0 Å².